The number of carbonyl (C=O) groups is 1. The molecule has 1 aliphatic heterocycles. The Morgan fingerprint density at radius 1 is 1.44 bits per heavy atom. The number of carboxylic acid groups (broad SMARTS) is 1. The molecular formula is C12H22N2O3Si. The molecule has 0 aliphatic carbocycles. The highest BCUT2D eigenvalue weighted by atomic mass is 28.4. The Labute approximate surface area is 109 Å². The molecule has 1 rings (SSSR count). The van der Waals surface area contributed by atoms with Gasteiger partial charge in [-0.15, -0.1) is 0 Å². The van der Waals surface area contributed by atoms with Gasteiger partial charge in [0.25, 0.3) is 0 Å². The molecule has 5 nitrogen and oxygen atoms in total. The predicted octanol–water partition coefficient (Wildman–Crippen LogP) is 2.51. The van der Waals surface area contributed by atoms with Crippen LogP contribution in [0.5, 0.6) is 0 Å². The van der Waals surface area contributed by atoms with E-state index in [-0.39, 0.29) is 23.6 Å². The number of nitrogens with zero attached hydrogens (tertiary/aromatic N) is 2. The first kappa shape index (κ1) is 15.0. The van der Waals surface area contributed by atoms with Gasteiger partial charge < -0.3 is 14.4 Å². The second-order valence-corrected chi connectivity index (χ2v) is 11.1. The summed E-state index contributed by atoms with van der Waals surface area (Å²) in [5, 5.41) is 18.1. The highest BCUT2D eigenvalue weighted by Gasteiger charge is 2.44. The maximum atomic E-state index is 10.9. The topological polar surface area (TPSA) is 73.6 Å². The average molecular weight is 270 g/mol. The molecule has 1 heterocycles. The molecule has 102 valence electrons. The number of likely N-dealkylation sites (tertiary alicyclic amines) is 1. The largest absolute Gasteiger partial charge is 0.465 e. The molecule has 1 aliphatic rings. The Hall–Kier alpha value is -1.06. The van der Waals surface area contributed by atoms with Crippen LogP contribution in [0.15, 0.2) is 0 Å². The van der Waals surface area contributed by atoms with Gasteiger partial charge in [0.05, 0.1) is 24.6 Å². The van der Waals surface area contributed by atoms with Gasteiger partial charge in [0.2, 0.25) is 0 Å². The highest BCUT2D eigenvalue weighted by Crippen LogP contribution is 2.39. The fraction of sp³-hybridized carbons (Fsp3) is 0.833. The molecule has 18 heavy (non-hydrogen) atoms. The molecule has 2 unspecified atom stereocenters. The Kier molecular flexibility index (Phi) is 4.08. The zero-order valence-electron chi connectivity index (χ0n) is 11.7. The minimum absolute atomic E-state index is 0.0592. The van der Waals surface area contributed by atoms with E-state index in [0.717, 1.165) is 0 Å². The van der Waals surface area contributed by atoms with Crippen LogP contribution in [0.3, 0.4) is 0 Å². The quantitative estimate of drug-likeness (QED) is 0.782. The predicted molar refractivity (Wildman–Crippen MR) is 70.8 cm³/mol. The molecule has 0 aromatic carbocycles. The lowest BCUT2D eigenvalue weighted by Crippen LogP contribution is -2.46. The third-order valence-electron chi connectivity index (χ3n) is 3.95. The van der Waals surface area contributed by atoms with Gasteiger partial charge >= 0.3 is 6.09 Å². The van der Waals surface area contributed by atoms with Gasteiger partial charge in [-0.3, -0.25) is 0 Å². The number of hydrogen-bond donors (Lipinski definition) is 1. The summed E-state index contributed by atoms with van der Waals surface area (Å²) in [6, 6.07) is 2.17. The van der Waals surface area contributed by atoms with E-state index in [9.17, 15) is 4.79 Å². The molecule has 1 N–H and O–H groups in total. The van der Waals surface area contributed by atoms with Crippen LogP contribution in [0.2, 0.25) is 18.1 Å². The van der Waals surface area contributed by atoms with Crippen molar-refractivity contribution in [2.75, 3.05) is 13.1 Å². The van der Waals surface area contributed by atoms with E-state index in [4.69, 9.17) is 14.8 Å². The van der Waals surface area contributed by atoms with Crippen molar-refractivity contribution in [2.45, 2.75) is 45.0 Å². The Bertz CT molecular complexity index is 370. The summed E-state index contributed by atoms with van der Waals surface area (Å²) in [6.07, 6.45) is -1.26. The summed E-state index contributed by atoms with van der Waals surface area (Å²) in [5.41, 5.74) is 0. The first-order chi connectivity index (χ1) is 8.08. The van der Waals surface area contributed by atoms with Crippen LogP contribution in [-0.4, -0.2) is 43.6 Å². The summed E-state index contributed by atoms with van der Waals surface area (Å²) < 4.78 is 6.16. The summed E-state index contributed by atoms with van der Waals surface area (Å²) in [4.78, 5) is 12.2. The molecule has 0 radical (unpaired) electrons. The van der Waals surface area contributed by atoms with Crippen LogP contribution >= 0.6 is 0 Å². The van der Waals surface area contributed by atoms with Crippen molar-refractivity contribution in [2.24, 2.45) is 5.92 Å². The normalized spacial score (nSPS) is 25.0. The van der Waals surface area contributed by atoms with Crippen molar-refractivity contribution < 1.29 is 14.3 Å². The molecule has 6 heteroatoms. The van der Waals surface area contributed by atoms with Crippen LogP contribution in [0.25, 0.3) is 0 Å². The van der Waals surface area contributed by atoms with E-state index in [1.807, 2.05) is 0 Å². The summed E-state index contributed by atoms with van der Waals surface area (Å²) in [7, 11) is -1.96. The van der Waals surface area contributed by atoms with Crippen LogP contribution in [-0.2, 0) is 4.43 Å². The van der Waals surface area contributed by atoms with E-state index in [0.29, 0.717) is 6.54 Å². The highest BCUT2D eigenvalue weighted by molar-refractivity contribution is 6.74. The maximum absolute atomic E-state index is 10.9. The lowest BCUT2D eigenvalue weighted by atomic mass is 10.1. The molecule has 0 aromatic rings. The lowest BCUT2D eigenvalue weighted by molar-refractivity contribution is 0.140. The van der Waals surface area contributed by atoms with Gasteiger partial charge in [-0.2, -0.15) is 5.26 Å². The lowest BCUT2D eigenvalue weighted by Gasteiger charge is -2.38. The monoisotopic (exact) mass is 270 g/mol. The minimum atomic E-state index is -1.96. The maximum Gasteiger partial charge on any atom is 0.407 e. The molecule has 2 atom stereocenters. The Morgan fingerprint density at radius 2 is 2.00 bits per heavy atom. The standard InChI is InChI=1S/C12H22N2O3Si/c1-12(2,3)18(4,5)17-10-8-14(11(15)16)7-9(10)6-13/h9-10H,7-8H2,1-5H3,(H,15,16). The van der Waals surface area contributed by atoms with E-state index < -0.39 is 14.4 Å². The van der Waals surface area contributed by atoms with Gasteiger partial charge in [-0.25, -0.2) is 4.79 Å². The molecule has 1 fully saturated rings. The van der Waals surface area contributed by atoms with E-state index in [2.05, 4.69) is 39.9 Å². The third-order valence-corrected chi connectivity index (χ3v) is 8.46. The molecule has 0 spiro atoms. The first-order valence-electron chi connectivity index (χ1n) is 6.14. The van der Waals surface area contributed by atoms with Gasteiger partial charge in [0, 0.05) is 6.54 Å². The van der Waals surface area contributed by atoms with Crippen LogP contribution < -0.4 is 0 Å². The molecule has 0 aromatic heterocycles. The summed E-state index contributed by atoms with van der Waals surface area (Å²) >= 11 is 0. The first-order valence-corrected chi connectivity index (χ1v) is 9.04. The number of nitriles is 1. The number of hydrogen-bond acceptors (Lipinski definition) is 3. The van der Waals surface area contributed by atoms with Crippen LogP contribution in [0, 0.1) is 17.2 Å². The fourth-order valence-electron chi connectivity index (χ4n) is 1.73. The van der Waals surface area contributed by atoms with Crippen LogP contribution in [0.4, 0.5) is 4.79 Å². The van der Waals surface area contributed by atoms with Crippen molar-refractivity contribution in [3.05, 3.63) is 0 Å². The van der Waals surface area contributed by atoms with Gasteiger partial charge in [-0.1, -0.05) is 20.8 Å². The number of amides is 1. The second kappa shape index (κ2) is 4.90. The van der Waals surface area contributed by atoms with Crippen molar-refractivity contribution in [3.8, 4) is 6.07 Å². The molecule has 1 amide bonds. The zero-order chi connectivity index (χ0) is 14.1. The molecule has 0 bridgehead atoms. The van der Waals surface area contributed by atoms with Crippen molar-refractivity contribution in [1.29, 1.82) is 5.26 Å². The fourth-order valence-corrected chi connectivity index (χ4v) is 3.08. The van der Waals surface area contributed by atoms with Crippen molar-refractivity contribution in [1.82, 2.24) is 4.90 Å². The average Bonchev–Trinajstić information content (AvgIpc) is 2.58. The van der Waals surface area contributed by atoms with Gasteiger partial charge in [0.15, 0.2) is 8.32 Å². The van der Waals surface area contributed by atoms with Gasteiger partial charge in [0.1, 0.15) is 0 Å². The Morgan fingerprint density at radius 3 is 2.39 bits per heavy atom. The SMILES string of the molecule is CC(C)(C)[Si](C)(C)OC1CN(C(=O)O)CC1C#N. The second-order valence-electron chi connectivity index (χ2n) is 6.34. The Balaban J connectivity index is 2.79. The number of rotatable bonds is 2. The molecule has 1 saturated heterocycles. The molecule has 0 saturated carbocycles. The summed E-state index contributed by atoms with van der Waals surface area (Å²) in [6.45, 7) is 11.2. The van der Waals surface area contributed by atoms with Crippen LogP contribution in [0.1, 0.15) is 20.8 Å². The smallest absolute Gasteiger partial charge is 0.407 e. The van der Waals surface area contributed by atoms with E-state index in [1.54, 1.807) is 0 Å². The summed E-state index contributed by atoms with van der Waals surface area (Å²) in [5.74, 6) is -0.352. The minimum Gasteiger partial charge on any atom is -0.465 e. The van der Waals surface area contributed by atoms with Gasteiger partial charge in [-0.05, 0) is 18.1 Å². The third kappa shape index (κ3) is 3.03. The van der Waals surface area contributed by atoms with E-state index in [1.165, 1.54) is 4.90 Å². The van der Waals surface area contributed by atoms with E-state index >= 15 is 0 Å². The van der Waals surface area contributed by atoms with Crippen molar-refractivity contribution in [3.63, 3.8) is 0 Å². The van der Waals surface area contributed by atoms with Crippen molar-refractivity contribution >= 4 is 14.4 Å². The zero-order valence-corrected chi connectivity index (χ0v) is 12.7. The molecular weight excluding hydrogens is 248 g/mol.